The molecule has 0 atom stereocenters. The van der Waals surface area contributed by atoms with Gasteiger partial charge < -0.3 is 10.0 Å². The number of nitrogens with zero attached hydrogens (tertiary/aromatic N) is 1. The summed E-state index contributed by atoms with van der Waals surface area (Å²) in [7, 11) is 1.37. The van der Waals surface area contributed by atoms with Crippen molar-refractivity contribution in [2.75, 3.05) is 18.6 Å². The number of hydrogen-bond acceptors (Lipinski definition) is 2. The normalized spacial score (nSPS) is 10.0. The van der Waals surface area contributed by atoms with Crippen LogP contribution in [-0.2, 0) is 4.79 Å². The molecule has 0 aliphatic carbocycles. The van der Waals surface area contributed by atoms with Gasteiger partial charge in [0.2, 0.25) is 0 Å². The van der Waals surface area contributed by atoms with Crippen LogP contribution in [0.15, 0.2) is 18.2 Å². The number of aliphatic hydroxyl groups excluding tert-OH is 1. The first kappa shape index (κ1) is 10.9. The quantitative estimate of drug-likeness (QED) is 0.814. The Balaban J connectivity index is 3.05. The second kappa shape index (κ2) is 4.39. The molecule has 0 saturated heterocycles. The molecule has 0 aliphatic rings. The van der Waals surface area contributed by atoms with Crippen LogP contribution in [0, 0.1) is 5.82 Å². The second-order valence-corrected chi connectivity index (χ2v) is 3.14. The van der Waals surface area contributed by atoms with Gasteiger partial charge in [-0.2, -0.15) is 0 Å². The fourth-order valence-corrected chi connectivity index (χ4v) is 1.15. The van der Waals surface area contributed by atoms with Gasteiger partial charge in [0.15, 0.2) is 0 Å². The number of benzene rings is 1. The van der Waals surface area contributed by atoms with Crippen molar-refractivity contribution in [3.8, 4) is 0 Å². The Morgan fingerprint density at radius 2 is 2.29 bits per heavy atom. The average Bonchev–Trinajstić information content (AvgIpc) is 2.19. The zero-order valence-corrected chi connectivity index (χ0v) is 8.25. The molecule has 1 N–H and O–H groups in total. The highest BCUT2D eigenvalue weighted by Gasteiger charge is 2.13. The van der Waals surface area contributed by atoms with E-state index in [1.54, 1.807) is 0 Å². The largest absolute Gasteiger partial charge is 0.387 e. The summed E-state index contributed by atoms with van der Waals surface area (Å²) in [6, 6.07) is 3.88. The summed E-state index contributed by atoms with van der Waals surface area (Å²) in [6.07, 6.45) is 0. The van der Waals surface area contributed by atoms with Crippen molar-refractivity contribution in [1.82, 2.24) is 0 Å². The van der Waals surface area contributed by atoms with Crippen LogP contribution in [0.25, 0.3) is 0 Å². The van der Waals surface area contributed by atoms with Crippen molar-refractivity contribution in [1.29, 1.82) is 0 Å². The van der Waals surface area contributed by atoms with Crippen molar-refractivity contribution in [2.24, 2.45) is 0 Å². The number of hydrogen-bond donors (Lipinski definition) is 1. The lowest BCUT2D eigenvalue weighted by Gasteiger charge is -2.16. The van der Waals surface area contributed by atoms with Crippen LogP contribution in [0.5, 0.6) is 0 Å². The summed E-state index contributed by atoms with van der Waals surface area (Å²) in [5.74, 6) is -1.15. The molecule has 1 amide bonds. The molecule has 0 heterocycles. The highest BCUT2D eigenvalue weighted by Crippen LogP contribution is 2.22. The summed E-state index contributed by atoms with van der Waals surface area (Å²) >= 11 is 5.64. The first-order valence-corrected chi connectivity index (χ1v) is 4.26. The van der Waals surface area contributed by atoms with Gasteiger partial charge in [0.1, 0.15) is 12.4 Å². The number of likely N-dealkylation sites (N-methyl/N-ethyl adjacent to an activating group) is 1. The Morgan fingerprint density at radius 1 is 1.64 bits per heavy atom. The van der Waals surface area contributed by atoms with Gasteiger partial charge in [-0.3, -0.25) is 4.79 Å². The van der Waals surface area contributed by atoms with E-state index in [0.29, 0.717) is 5.02 Å². The van der Waals surface area contributed by atoms with Crippen LogP contribution < -0.4 is 4.90 Å². The molecule has 3 nitrogen and oxygen atoms in total. The molecule has 0 bridgehead atoms. The van der Waals surface area contributed by atoms with Crippen LogP contribution in [0.3, 0.4) is 0 Å². The van der Waals surface area contributed by atoms with E-state index in [1.165, 1.54) is 25.2 Å². The van der Waals surface area contributed by atoms with Crippen molar-refractivity contribution < 1.29 is 14.3 Å². The molecule has 0 fully saturated rings. The minimum Gasteiger partial charge on any atom is -0.387 e. The highest BCUT2D eigenvalue weighted by atomic mass is 35.5. The molecular formula is C9H9ClFNO2. The third-order valence-electron chi connectivity index (χ3n) is 1.78. The predicted octanol–water partition coefficient (Wildman–Crippen LogP) is 1.43. The SMILES string of the molecule is CN(C(=O)CO)c1cc(Cl)ccc1F. The van der Waals surface area contributed by atoms with Crippen molar-refractivity contribution in [3.05, 3.63) is 29.0 Å². The monoisotopic (exact) mass is 217 g/mol. The minimum atomic E-state index is -0.664. The number of anilines is 1. The van der Waals surface area contributed by atoms with Gasteiger partial charge in [0.25, 0.3) is 5.91 Å². The maximum Gasteiger partial charge on any atom is 0.252 e. The van der Waals surface area contributed by atoms with Gasteiger partial charge in [0.05, 0.1) is 5.69 Å². The Labute approximate surface area is 85.7 Å². The number of amides is 1. The summed E-state index contributed by atoms with van der Waals surface area (Å²) in [5, 5.41) is 8.91. The topological polar surface area (TPSA) is 40.5 Å². The molecular weight excluding hydrogens is 209 g/mol. The van der Waals surface area contributed by atoms with Crippen LogP contribution >= 0.6 is 11.6 Å². The summed E-state index contributed by atoms with van der Waals surface area (Å²) in [4.78, 5) is 12.1. The number of carbonyl (C=O) groups is 1. The molecule has 0 aromatic heterocycles. The van der Waals surface area contributed by atoms with E-state index in [9.17, 15) is 9.18 Å². The number of halogens is 2. The molecule has 0 aliphatic heterocycles. The fourth-order valence-electron chi connectivity index (χ4n) is 0.983. The predicted molar refractivity (Wildman–Crippen MR) is 51.9 cm³/mol. The maximum absolute atomic E-state index is 13.2. The smallest absolute Gasteiger partial charge is 0.252 e. The van der Waals surface area contributed by atoms with E-state index in [0.717, 1.165) is 4.90 Å². The lowest BCUT2D eigenvalue weighted by Crippen LogP contribution is -2.29. The molecule has 0 spiro atoms. The fraction of sp³-hybridized carbons (Fsp3) is 0.222. The first-order valence-electron chi connectivity index (χ1n) is 3.88. The van der Waals surface area contributed by atoms with Gasteiger partial charge in [0, 0.05) is 12.1 Å². The third kappa shape index (κ3) is 2.21. The molecule has 14 heavy (non-hydrogen) atoms. The zero-order valence-electron chi connectivity index (χ0n) is 7.50. The second-order valence-electron chi connectivity index (χ2n) is 2.71. The molecule has 76 valence electrons. The van der Waals surface area contributed by atoms with E-state index in [-0.39, 0.29) is 5.69 Å². The Kier molecular flexibility index (Phi) is 3.43. The molecule has 5 heteroatoms. The Bertz CT molecular complexity index is 357. The minimum absolute atomic E-state index is 0.0524. The lowest BCUT2D eigenvalue weighted by molar-refractivity contribution is -0.121. The summed E-state index contributed by atoms with van der Waals surface area (Å²) in [6.45, 7) is -0.664. The average molecular weight is 218 g/mol. The molecule has 1 aromatic rings. The van der Waals surface area contributed by atoms with E-state index in [1.807, 2.05) is 0 Å². The Hall–Kier alpha value is -1.13. The standard InChI is InChI=1S/C9H9ClFNO2/c1-12(9(14)5-13)8-4-6(10)2-3-7(8)11/h2-4,13H,5H2,1H3. The summed E-state index contributed by atoms with van der Waals surface area (Å²) in [5.41, 5.74) is 0.0524. The first-order chi connectivity index (χ1) is 6.56. The summed E-state index contributed by atoms with van der Waals surface area (Å²) < 4.78 is 13.2. The number of rotatable bonds is 2. The lowest BCUT2D eigenvalue weighted by atomic mass is 10.3. The van der Waals surface area contributed by atoms with E-state index in [2.05, 4.69) is 0 Å². The van der Waals surface area contributed by atoms with Gasteiger partial charge in [-0.1, -0.05) is 11.6 Å². The highest BCUT2D eigenvalue weighted by molar-refractivity contribution is 6.30. The molecule has 0 saturated carbocycles. The molecule has 0 unspecified atom stereocenters. The van der Waals surface area contributed by atoms with Crippen LogP contribution in [0.1, 0.15) is 0 Å². The van der Waals surface area contributed by atoms with Crippen LogP contribution in [-0.4, -0.2) is 24.7 Å². The Morgan fingerprint density at radius 3 is 2.86 bits per heavy atom. The number of carbonyl (C=O) groups excluding carboxylic acids is 1. The van der Waals surface area contributed by atoms with Crippen molar-refractivity contribution >= 4 is 23.2 Å². The van der Waals surface area contributed by atoms with Crippen LogP contribution in [0.2, 0.25) is 5.02 Å². The van der Waals surface area contributed by atoms with E-state index >= 15 is 0 Å². The van der Waals surface area contributed by atoms with Gasteiger partial charge in [-0.25, -0.2) is 4.39 Å². The van der Waals surface area contributed by atoms with Crippen molar-refractivity contribution in [3.63, 3.8) is 0 Å². The van der Waals surface area contributed by atoms with Crippen molar-refractivity contribution in [2.45, 2.75) is 0 Å². The number of aliphatic hydroxyl groups is 1. The van der Waals surface area contributed by atoms with E-state index < -0.39 is 18.3 Å². The zero-order chi connectivity index (χ0) is 10.7. The molecule has 1 rings (SSSR count). The van der Waals surface area contributed by atoms with Gasteiger partial charge in [-0.15, -0.1) is 0 Å². The molecule has 1 aromatic carbocycles. The molecule has 0 radical (unpaired) electrons. The maximum atomic E-state index is 13.2. The van der Waals surface area contributed by atoms with E-state index in [4.69, 9.17) is 16.7 Å². The van der Waals surface area contributed by atoms with Gasteiger partial charge in [-0.05, 0) is 18.2 Å². The third-order valence-corrected chi connectivity index (χ3v) is 2.01. The van der Waals surface area contributed by atoms with Gasteiger partial charge >= 0.3 is 0 Å². The van der Waals surface area contributed by atoms with Crippen LogP contribution in [0.4, 0.5) is 10.1 Å².